The third-order valence-corrected chi connectivity index (χ3v) is 4.03. The number of hydrogen-bond donors (Lipinski definition) is 1. The average Bonchev–Trinajstić information content (AvgIpc) is 2.52. The quantitative estimate of drug-likeness (QED) is 0.444. The van der Waals surface area contributed by atoms with Crippen LogP contribution in [0.2, 0.25) is 0 Å². The van der Waals surface area contributed by atoms with Crippen molar-refractivity contribution in [2.75, 3.05) is 6.61 Å². The third-order valence-electron chi connectivity index (χ3n) is 4.03. The van der Waals surface area contributed by atoms with E-state index in [1.165, 1.54) is 44.6 Å². The van der Waals surface area contributed by atoms with Crippen LogP contribution in [0.25, 0.3) is 0 Å². The molecule has 1 atom stereocenters. The maximum Gasteiger partial charge on any atom is 0.341 e. The van der Waals surface area contributed by atoms with Crippen molar-refractivity contribution in [3.05, 3.63) is 29.8 Å². The number of para-hydroxylation sites is 1. The van der Waals surface area contributed by atoms with Gasteiger partial charge in [0.1, 0.15) is 11.3 Å². The van der Waals surface area contributed by atoms with Crippen LogP contribution in [0, 0.1) is 5.92 Å². The van der Waals surface area contributed by atoms with E-state index in [-0.39, 0.29) is 11.3 Å². The minimum absolute atomic E-state index is 0.0184. The van der Waals surface area contributed by atoms with Crippen LogP contribution in [0.15, 0.2) is 24.3 Å². The van der Waals surface area contributed by atoms with Gasteiger partial charge >= 0.3 is 5.97 Å². The summed E-state index contributed by atoms with van der Waals surface area (Å²) in [5, 5.41) is 9.60. The number of unbranched alkanes of at least 4 members (excludes halogenated alkanes) is 2. The fraction of sp³-hybridized carbons (Fsp3) is 0.632. The average molecular weight is 306 g/mol. The maximum atomic E-state index is 11.8. The van der Waals surface area contributed by atoms with Crippen molar-refractivity contribution in [1.82, 2.24) is 0 Å². The monoisotopic (exact) mass is 306 g/mol. The second-order valence-electron chi connectivity index (χ2n) is 5.95. The summed E-state index contributed by atoms with van der Waals surface area (Å²) in [6.07, 6.45) is 9.66. The number of rotatable bonds is 11. The summed E-state index contributed by atoms with van der Waals surface area (Å²) in [6, 6.07) is 6.50. The molecule has 0 aromatic heterocycles. The Kier molecular flexibility index (Phi) is 9.36. The minimum atomic E-state index is -0.436. The highest BCUT2D eigenvalue weighted by molar-refractivity contribution is 5.92. The van der Waals surface area contributed by atoms with E-state index in [4.69, 9.17) is 4.74 Å². The molecule has 1 N–H and O–H groups in total. The molecule has 0 spiro atoms. The van der Waals surface area contributed by atoms with Gasteiger partial charge in [0.15, 0.2) is 0 Å². The van der Waals surface area contributed by atoms with Crippen molar-refractivity contribution < 1.29 is 14.6 Å². The fourth-order valence-electron chi connectivity index (χ4n) is 2.76. The standard InChI is InChI=1S/C19H30O3/c1-3-5-11-16(10-4-2)12-8-9-15-22-19(21)17-13-6-7-14-18(17)20/h6-7,13-14,16,20H,3-5,8-12,15H2,1-2H3. The third kappa shape index (κ3) is 6.97. The maximum absolute atomic E-state index is 11.8. The number of benzene rings is 1. The van der Waals surface area contributed by atoms with Gasteiger partial charge in [-0.3, -0.25) is 0 Å². The molecular weight excluding hydrogens is 276 g/mol. The summed E-state index contributed by atoms with van der Waals surface area (Å²) in [4.78, 5) is 11.8. The van der Waals surface area contributed by atoms with E-state index >= 15 is 0 Å². The lowest BCUT2D eigenvalue weighted by Crippen LogP contribution is -2.07. The number of carbonyl (C=O) groups is 1. The van der Waals surface area contributed by atoms with Gasteiger partial charge in [-0.25, -0.2) is 4.79 Å². The molecule has 1 aromatic carbocycles. The molecule has 124 valence electrons. The van der Waals surface area contributed by atoms with Gasteiger partial charge in [-0.15, -0.1) is 0 Å². The molecule has 0 saturated carbocycles. The fourth-order valence-corrected chi connectivity index (χ4v) is 2.76. The number of hydrogen-bond acceptors (Lipinski definition) is 3. The van der Waals surface area contributed by atoms with Gasteiger partial charge in [0.2, 0.25) is 0 Å². The predicted molar refractivity (Wildman–Crippen MR) is 90.2 cm³/mol. The Bertz CT molecular complexity index is 428. The van der Waals surface area contributed by atoms with E-state index in [0.29, 0.717) is 6.61 Å². The van der Waals surface area contributed by atoms with Crippen molar-refractivity contribution in [3.63, 3.8) is 0 Å². The smallest absolute Gasteiger partial charge is 0.341 e. The number of carbonyl (C=O) groups excluding carboxylic acids is 1. The van der Waals surface area contributed by atoms with Crippen LogP contribution < -0.4 is 0 Å². The molecule has 0 amide bonds. The Morgan fingerprint density at radius 2 is 1.77 bits per heavy atom. The Hall–Kier alpha value is -1.51. The van der Waals surface area contributed by atoms with E-state index in [0.717, 1.165) is 18.8 Å². The summed E-state index contributed by atoms with van der Waals surface area (Å²) in [6.45, 7) is 4.91. The highest BCUT2D eigenvalue weighted by Gasteiger charge is 2.11. The van der Waals surface area contributed by atoms with Gasteiger partial charge < -0.3 is 9.84 Å². The zero-order valence-electron chi connectivity index (χ0n) is 14.0. The molecule has 1 unspecified atom stereocenters. The topological polar surface area (TPSA) is 46.5 Å². The van der Waals surface area contributed by atoms with Crippen molar-refractivity contribution in [2.45, 2.75) is 65.2 Å². The summed E-state index contributed by atoms with van der Waals surface area (Å²) in [5.74, 6) is 0.364. The van der Waals surface area contributed by atoms with Gasteiger partial charge in [0, 0.05) is 0 Å². The van der Waals surface area contributed by atoms with E-state index in [9.17, 15) is 9.90 Å². The van der Waals surface area contributed by atoms with Crippen LogP contribution >= 0.6 is 0 Å². The Labute approximate surface area is 134 Å². The normalized spacial score (nSPS) is 12.1. The first-order valence-corrected chi connectivity index (χ1v) is 8.64. The second kappa shape index (κ2) is 11.1. The molecule has 1 rings (SSSR count). The molecule has 0 heterocycles. The Morgan fingerprint density at radius 3 is 2.45 bits per heavy atom. The van der Waals surface area contributed by atoms with E-state index in [1.807, 2.05) is 0 Å². The Morgan fingerprint density at radius 1 is 1.05 bits per heavy atom. The van der Waals surface area contributed by atoms with Gasteiger partial charge in [-0.05, 0) is 30.9 Å². The van der Waals surface area contributed by atoms with Gasteiger partial charge in [-0.1, -0.05) is 64.5 Å². The summed E-state index contributed by atoms with van der Waals surface area (Å²) in [7, 11) is 0. The van der Waals surface area contributed by atoms with Crippen LogP contribution in [-0.4, -0.2) is 17.7 Å². The minimum Gasteiger partial charge on any atom is -0.507 e. The van der Waals surface area contributed by atoms with Crippen LogP contribution in [0.3, 0.4) is 0 Å². The molecule has 0 radical (unpaired) electrons. The van der Waals surface area contributed by atoms with Crippen molar-refractivity contribution in [2.24, 2.45) is 5.92 Å². The predicted octanol–water partition coefficient (Wildman–Crippen LogP) is 5.33. The van der Waals surface area contributed by atoms with Gasteiger partial charge in [0.05, 0.1) is 6.61 Å². The van der Waals surface area contributed by atoms with Crippen LogP contribution in [0.5, 0.6) is 5.75 Å². The summed E-state index contributed by atoms with van der Waals surface area (Å²) in [5.41, 5.74) is 0.245. The number of ether oxygens (including phenoxy) is 1. The molecule has 3 nitrogen and oxygen atoms in total. The van der Waals surface area contributed by atoms with Crippen molar-refractivity contribution >= 4 is 5.97 Å². The van der Waals surface area contributed by atoms with Gasteiger partial charge in [-0.2, -0.15) is 0 Å². The van der Waals surface area contributed by atoms with Crippen LogP contribution in [-0.2, 0) is 4.74 Å². The molecule has 3 heteroatoms. The molecule has 0 aliphatic carbocycles. The number of phenolic OH excluding ortho intramolecular Hbond substituents is 1. The lowest BCUT2D eigenvalue weighted by molar-refractivity contribution is 0.0493. The zero-order chi connectivity index (χ0) is 16.2. The van der Waals surface area contributed by atoms with Gasteiger partial charge in [0.25, 0.3) is 0 Å². The number of esters is 1. The Balaban J connectivity index is 2.21. The zero-order valence-corrected chi connectivity index (χ0v) is 14.0. The molecular formula is C19H30O3. The van der Waals surface area contributed by atoms with Crippen LogP contribution in [0.4, 0.5) is 0 Å². The molecule has 1 aromatic rings. The SMILES string of the molecule is CCCCC(CCC)CCCCOC(=O)c1ccccc1O. The summed E-state index contributed by atoms with van der Waals surface area (Å²) < 4.78 is 5.23. The lowest BCUT2D eigenvalue weighted by Gasteiger charge is -2.15. The first-order valence-electron chi connectivity index (χ1n) is 8.64. The van der Waals surface area contributed by atoms with Crippen molar-refractivity contribution in [1.29, 1.82) is 0 Å². The largest absolute Gasteiger partial charge is 0.507 e. The molecule has 22 heavy (non-hydrogen) atoms. The van der Waals surface area contributed by atoms with E-state index in [2.05, 4.69) is 13.8 Å². The second-order valence-corrected chi connectivity index (χ2v) is 5.95. The molecule has 0 fully saturated rings. The molecule has 0 bridgehead atoms. The number of aromatic hydroxyl groups is 1. The first kappa shape index (κ1) is 18.5. The summed E-state index contributed by atoms with van der Waals surface area (Å²) >= 11 is 0. The number of phenols is 1. The highest BCUT2D eigenvalue weighted by Crippen LogP contribution is 2.21. The molecule has 0 aliphatic rings. The van der Waals surface area contributed by atoms with Crippen LogP contribution in [0.1, 0.15) is 75.6 Å². The molecule has 0 saturated heterocycles. The van der Waals surface area contributed by atoms with E-state index < -0.39 is 5.97 Å². The molecule has 0 aliphatic heterocycles. The highest BCUT2D eigenvalue weighted by atomic mass is 16.5. The van der Waals surface area contributed by atoms with Crippen molar-refractivity contribution in [3.8, 4) is 5.75 Å². The lowest BCUT2D eigenvalue weighted by atomic mass is 9.92. The van der Waals surface area contributed by atoms with E-state index in [1.54, 1.807) is 18.2 Å². The first-order chi connectivity index (χ1) is 10.7.